The van der Waals surface area contributed by atoms with Crippen LogP contribution in [0, 0.1) is 6.92 Å². The molecule has 1 saturated heterocycles. The number of nitrogens with one attached hydrogen (secondary N) is 2. The van der Waals surface area contributed by atoms with Gasteiger partial charge in [0.2, 0.25) is 10.0 Å². The first-order valence-corrected chi connectivity index (χ1v) is 8.79. The van der Waals surface area contributed by atoms with Crippen molar-refractivity contribution in [1.29, 1.82) is 0 Å². The summed E-state index contributed by atoms with van der Waals surface area (Å²) in [6.07, 6.45) is 1.54. The highest BCUT2D eigenvalue weighted by atomic mass is 32.2. The van der Waals surface area contributed by atoms with E-state index >= 15 is 0 Å². The molecule has 6 heteroatoms. The average molecular weight is 312 g/mol. The van der Waals surface area contributed by atoms with Crippen LogP contribution in [0.3, 0.4) is 0 Å². The van der Waals surface area contributed by atoms with Crippen molar-refractivity contribution in [3.63, 3.8) is 0 Å². The van der Waals surface area contributed by atoms with Gasteiger partial charge in [0.05, 0.1) is 11.0 Å². The van der Waals surface area contributed by atoms with Gasteiger partial charge in [0, 0.05) is 19.2 Å². The Labute approximate surface area is 127 Å². The van der Waals surface area contributed by atoms with Crippen LogP contribution in [0.25, 0.3) is 0 Å². The lowest BCUT2D eigenvalue weighted by molar-refractivity contribution is 0.0173. The van der Waals surface area contributed by atoms with Crippen LogP contribution in [0.15, 0.2) is 23.1 Å². The lowest BCUT2D eigenvalue weighted by atomic mass is 10.1. The molecule has 21 heavy (non-hydrogen) atoms. The fourth-order valence-corrected chi connectivity index (χ4v) is 4.21. The summed E-state index contributed by atoms with van der Waals surface area (Å²) in [4.78, 5) is 0.370. The van der Waals surface area contributed by atoms with Gasteiger partial charge in [-0.2, -0.15) is 0 Å². The van der Waals surface area contributed by atoms with Crippen LogP contribution in [0.2, 0.25) is 0 Å². The van der Waals surface area contributed by atoms with E-state index in [1.54, 1.807) is 6.07 Å². The van der Waals surface area contributed by atoms with Gasteiger partial charge in [0.1, 0.15) is 0 Å². The van der Waals surface area contributed by atoms with E-state index in [-0.39, 0.29) is 12.1 Å². The monoisotopic (exact) mass is 312 g/mol. The van der Waals surface area contributed by atoms with Crippen molar-refractivity contribution in [1.82, 2.24) is 10.0 Å². The second-order valence-electron chi connectivity index (χ2n) is 5.65. The van der Waals surface area contributed by atoms with Crippen molar-refractivity contribution >= 4 is 10.0 Å². The van der Waals surface area contributed by atoms with Crippen LogP contribution in [-0.2, 0) is 21.3 Å². The molecule has 1 aromatic rings. The molecule has 118 valence electrons. The Morgan fingerprint density at radius 2 is 2.14 bits per heavy atom. The topological polar surface area (TPSA) is 67.4 Å². The third kappa shape index (κ3) is 4.26. The SMILES string of the molecule is CNCc1ccc(C)c(S(=O)(=O)NC2CCOC(C)C2)c1. The van der Waals surface area contributed by atoms with Gasteiger partial charge in [-0.3, -0.25) is 0 Å². The van der Waals surface area contributed by atoms with Crippen LogP contribution in [0.5, 0.6) is 0 Å². The molecular formula is C15H24N2O3S. The van der Waals surface area contributed by atoms with E-state index in [2.05, 4.69) is 10.0 Å². The quantitative estimate of drug-likeness (QED) is 0.866. The molecule has 0 saturated carbocycles. The molecule has 0 bridgehead atoms. The smallest absolute Gasteiger partial charge is 0.241 e. The average Bonchev–Trinajstić information content (AvgIpc) is 2.40. The van der Waals surface area contributed by atoms with Crippen molar-refractivity contribution in [2.45, 2.75) is 50.3 Å². The van der Waals surface area contributed by atoms with E-state index in [1.165, 1.54) is 0 Å². The second kappa shape index (κ2) is 6.87. The molecule has 2 atom stereocenters. The number of hydrogen-bond acceptors (Lipinski definition) is 4. The lowest BCUT2D eigenvalue weighted by Gasteiger charge is -2.28. The molecule has 1 aliphatic rings. The predicted molar refractivity (Wildman–Crippen MR) is 82.7 cm³/mol. The standard InChI is InChI=1S/C15H24N2O3S/c1-11-4-5-13(10-16-3)9-15(11)21(18,19)17-14-6-7-20-12(2)8-14/h4-5,9,12,14,16-17H,6-8,10H2,1-3H3. The summed E-state index contributed by atoms with van der Waals surface area (Å²) in [7, 11) is -1.65. The molecule has 0 spiro atoms. The third-order valence-electron chi connectivity index (χ3n) is 3.73. The molecule has 0 aromatic heterocycles. The maximum Gasteiger partial charge on any atom is 0.241 e. The molecular weight excluding hydrogens is 288 g/mol. The van der Waals surface area contributed by atoms with Crippen molar-refractivity contribution in [2.24, 2.45) is 0 Å². The van der Waals surface area contributed by atoms with Crippen molar-refractivity contribution < 1.29 is 13.2 Å². The zero-order valence-electron chi connectivity index (χ0n) is 12.8. The molecule has 2 N–H and O–H groups in total. The largest absolute Gasteiger partial charge is 0.378 e. The highest BCUT2D eigenvalue weighted by Crippen LogP contribution is 2.20. The van der Waals surface area contributed by atoms with E-state index in [9.17, 15) is 8.42 Å². The number of sulfonamides is 1. The van der Waals surface area contributed by atoms with Crippen LogP contribution < -0.4 is 10.0 Å². The summed E-state index contributed by atoms with van der Waals surface area (Å²) < 4.78 is 33.5. The Morgan fingerprint density at radius 3 is 2.81 bits per heavy atom. The van der Waals surface area contributed by atoms with Gasteiger partial charge in [0.25, 0.3) is 0 Å². The zero-order chi connectivity index (χ0) is 15.5. The van der Waals surface area contributed by atoms with Crippen LogP contribution in [0.1, 0.15) is 30.9 Å². The first-order chi connectivity index (χ1) is 9.92. The van der Waals surface area contributed by atoms with Gasteiger partial charge in [-0.25, -0.2) is 13.1 Å². The Balaban J connectivity index is 2.20. The Bertz CT molecular complexity index is 587. The maximum absolute atomic E-state index is 12.6. The molecule has 1 aromatic carbocycles. The first-order valence-electron chi connectivity index (χ1n) is 7.30. The van der Waals surface area contributed by atoms with Crippen molar-refractivity contribution in [2.75, 3.05) is 13.7 Å². The Morgan fingerprint density at radius 1 is 1.38 bits per heavy atom. The van der Waals surface area contributed by atoms with Gasteiger partial charge >= 0.3 is 0 Å². The highest BCUT2D eigenvalue weighted by molar-refractivity contribution is 7.89. The number of benzene rings is 1. The minimum atomic E-state index is -3.49. The summed E-state index contributed by atoms with van der Waals surface area (Å²) in [5, 5.41) is 3.04. The van der Waals surface area contributed by atoms with E-state index in [4.69, 9.17) is 4.74 Å². The van der Waals surface area contributed by atoms with Gasteiger partial charge in [0.15, 0.2) is 0 Å². The van der Waals surface area contributed by atoms with Gasteiger partial charge in [-0.15, -0.1) is 0 Å². The highest BCUT2D eigenvalue weighted by Gasteiger charge is 2.26. The summed E-state index contributed by atoms with van der Waals surface area (Å²) in [5.74, 6) is 0. The number of rotatable bonds is 5. The molecule has 1 fully saturated rings. The molecule has 1 heterocycles. The van der Waals surface area contributed by atoms with E-state index < -0.39 is 10.0 Å². The Kier molecular flexibility index (Phi) is 5.37. The molecule has 0 aliphatic carbocycles. The number of aryl methyl sites for hydroxylation is 1. The minimum absolute atomic E-state index is 0.0499. The number of ether oxygens (including phenoxy) is 1. The normalized spacial score (nSPS) is 23.2. The molecule has 2 unspecified atom stereocenters. The molecule has 1 aliphatic heterocycles. The minimum Gasteiger partial charge on any atom is -0.378 e. The lowest BCUT2D eigenvalue weighted by Crippen LogP contribution is -2.41. The summed E-state index contributed by atoms with van der Waals surface area (Å²) in [6, 6.07) is 5.50. The molecule has 5 nitrogen and oxygen atoms in total. The number of hydrogen-bond donors (Lipinski definition) is 2. The summed E-state index contributed by atoms with van der Waals surface area (Å²) >= 11 is 0. The molecule has 2 rings (SSSR count). The maximum atomic E-state index is 12.6. The Hall–Kier alpha value is -0.950. The fourth-order valence-electron chi connectivity index (χ4n) is 2.64. The summed E-state index contributed by atoms with van der Waals surface area (Å²) in [5.41, 5.74) is 1.73. The first kappa shape index (κ1) is 16.4. The van der Waals surface area contributed by atoms with Crippen LogP contribution >= 0.6 is 0 Å². The van der Waals surface area contributed by atoms with Crippen molar-refractivity contribution in [3.8, 4) is 0 Å². The van der Waals surface area contributed by atoms with E-state index in [0.717, 1.165) is 17.5 Å². The van der Waals surface area contributed by atoms with Gasteiger partial charge < -0.3 is 10.1 Å². The summed E-state index contributed by atoms with van der Waals surface area (Å²) in [6.45, 7) is 5.05. The predicted octanol–water partition coefficient (Wildman–Crippen LogP) is 1.56. The molecule has 0 amide bonds. The van der Waals surface area contributed by atoms with Crippen molar-refractivity contribution in [3.05, 3.63) is 29.3 Å². The van der Waals surface area contributed by atoms with Crippen LogP contribution in [-0.4, -0.2) is 34.2 Å². The second-order valence-corrected chi connectivity index (χ2v) is 7.34. The van der Waals surface area contributed by atoms with E-state index in [0.29, 0.717) is 24.5 Å². The molecule has 0 radical (unpaired) electrons. The van der Waals surface area contributed by atoms with Gasteiger partial charge in [-0.1, -0.05) is 12.1 Å². The van der Waals surface area contributed by atoms with E-state index in [1.807, 2.05) is 33.0 Å². The van der Waals surface area contributed by atoms with Gasteiger partial charge in [-0.05, 0) is 50.9 Å². The zero-order valence-corrected chi connectivity index (χ0v) is 13.7. The van der Waals surface area contributed by atoms with Crippen LogP contribution in [0.4, 0.5) is 0 Å². The fraction of sp³-hybridized carbons (Fsp3) is 0.600. The third-order valence-corrected chi connectivity index (χ3v) is 5.39.